The molecule has 0 aliphatic heterocycles. The maximum atomic E-state index is 12.3. The molecule has 0 saturated carbocycles. The van der Waals surface area contributed by atoms with Crippen LogP contribution in [0.1, 0.15) is 181 Å². The molecule has 0 heterocycles. The topological polar surface area (TPSA) is 119 Å². The summed E-state index contributed by atoms with van der Waals surface area (Å²) in [6, 6.07) is 0. The normalized spacial score (nSPS) is 12.4. The van der Waals surface area contributed by atoms with E-state index in [1.54, 1.807) is 0 Å². The minimum Gasteiger partial charge on any atom is -0.462 e. The molecule has 0 aliphatic rings. The van der Waals surface area contributed by atoms with Crippen LogP contribution in [0.3, 0.4) is 0 Å². The molecular formula is C33H65O8P. The van der Waals surface area contributed by atoms with Crippen LogP contribution in [-0.2, 0) is 28.2 Å². The van der Waals surface area contributed by atoms with Crippen molar-refractivity contribution in [3.8, 4) is 0 Å². The van der Waals surface area contributed by atoms with Crippen LogP contribution in [0.15, 0.2) is 0 Å². The second kappa shape index (κ2) is 30.1. The maximum absolute atomic E-state index is 12.3. The Bertz CT molecular complexity index is 666. The van der Waals surface area contributed by atoms with Crippen LogP contribution in [0, 0.1) is 0 Å². The number of hydrogen-bond acceptors (Lipinski definition) is 6. The van der Waals surface area contributed by atoms with Crippen LogP contribution in [0.5, 0.6) is 0 Å². The zero-order chi connectivity index (χ0) is 31.2. The highest BCUT2D eigenvalue weighted by molar-refractivity contribution is 7.46. The molecule has 9 heteroatoms. The van der Waals surface area contributed by atoms with Crippen molar-refractivity contribution in [1.29, 1.82) is 0 Å². The van der Waals surface area contributed by atoms with E-state index in [9.17, 15) is 14.2 Å². The largest absolute Gasteiger partial charge is 0.469 e. The Morgan fingerprint density at radius 1 is 0.524 bits per heavy atom. The molecule has 0 aromatic rings. The number of hydrogen-bond donors (Lipinski definition) is 2. The lowest BCUT2D eigenvalue weighted by Gasteiger charge is -2.18. The Morgan fingerprint density at radius 3 is 1.21 bits per heavy atom. The van der Waals surface area contributed by atoms with E-state index in [1.807, 2.05) is 0 Å². The number of carbonyl (C=O) groups excluding carboxylic acids is 2. The second-order valence-electron chi connectivity index (χ2n) is 11.9. The minimum absolute atomic E-state index is 0.219. The van der Waals surface area contributed by atoms with Gasteiger partial charge in [0.15, 0.2) is 6.10 Å². The van der Waals surface area contributed by atoms with Crippen molar-refractivity contribution in [2.45, 2.75) is 187 Å². The highest BCUT2D eigenvalue weighted by Gasteiger charge is 2.22. The smallest absolute Gasteiger partial charge is 0.462 e. The van der Waals surface area contributed by atoms with Gasteiger partial charge in [-0.15, -0.1) is 0 Å². The second-order valence-corrected chi connectivity index (χ2v) is 13.1. The first-order valence-corrected chi connectivity index (χ1v) is 18.9. The first-order chi connectivity index (χ1) is 20.3. The molecule has 0 aromatic carbocycles. The summed E-state index contributed by atoms with van der Waals surface area (Å²) in [5, 5.41) is 0. The molecule has 0 saturated heterocycles. The monoisotopic (exact) mass is 620 g/mol. The van der Waals surface area contributed by atoms with E-state index >= 15 is 0 Å². The molecule has 42 heavy (non-hydrogen) atoms. The van der Waals surface area contributed by atoms with E-state index in [0.29, 0.717) is 6.42 Å². The maximum Gasteiger partial charge on any atom is 0.469 e. The summed E-state index contributed by atoms with van der Waals surface area (Å²) < 4.78 is 26.1. The Hall–Kier alpha value is -0.950. The van der Waals surface area contributed by atoms with Gasteiger partial charge >= 0.3 is 19.8 Å². The SMILES string of the molecule is CCCCCCCCCCCCCCCCCCCC(=O)O[C@H](COC(=O)CCCCCCCCC)COP(=O)(O)O. The number of carbonyl (C=O) groups is 2. The average molecular weight is 621 g/mol. The number of rotatable bonds is 32. The minimum atomic E-state index is -4.73. The van der Waals surface area contributed by atoms with Gasteiger partial charge < -0.3 is 19.3 Å². The van der Waals surface area contributed by atoms with Gasteiger partial charge in [0, 0.05) is 12.8 Å². The van der Waals surface area contributed by atoms with Crippen molar-refractivity contribution in [3.05, 3.63) is 0 Å². The summed E-state index contributed by atoms with van der Waals surface area (Å²) >= 11 is 0. The molecular weight excluding hydrogens is 555 g/mol. The first kappa shape index (κ1) is 41.0. The Kier molecular flexibility index (Phi) is 29.4. The van der Waals surface area contributed by atoms with Gasteiger partial charge in [0.2, 0.25) is 0 Å². The van der Waals surface area contributed by atoms with Gasteiger partial charge in [-0.05, 0) is 12.8 Å². The zero-order valence-electron chi connectivity index (χ0n) is 27.2. The molecule has 2 N–H and O–H groups in total. The summed E-state index contributed by atoms with van der Waals surface area (Å²) in [5.74, 6) is -0.882. The Labute approximate surface area is 257 Å². The molecule has 0 aromatic heterocycles. The third kappa shape index (κ3) is 32.0. The molecule has 0 radical (unpaired) electrons. The van der Waals surface area contributed by atoms with Crippen molar-refractivity contribution < 1.29 is 37.9 Å². The zero-order valence-corrected chi connectivity index (χ0v) is 28.1. The number of ether oxygens (including phenoxy) is 2. The van der Waals surface area contributed by atoms with E-state index < -0.39 is 32.5 Å². The van der Waals surface area contributed by atoms with Crippen LogP contribution >= 0.6 is 7.82 Å². The van der Waals surface area contributed by atoms with Crippen molar-refractivity contribution in [3.63, 3.8) is 0 Å². The number of phosphoric ester groups is 1. The van der Waals surface area contributed by atoms with E-state index in [0.717, 1.165) is 32.1 Å². The molecule has 0 unspecified atom stereocenters. The fourth-order valence-electron chi connectivity index (χ4n) is 5.02. The van der Waals surface area contributed by atoms with Crippen LogP contribution < -0.4 is 0 Å². The predicted octanol–water partition coefficient (Wildman–Crippen LogP) is 9.73. The first-order valence-electron chi connectivity index (χ1n) is 17.3. The highest BCUT2D eigenvalue weighted by atomic mass is 31.2. The highest BCUT2D eigenvalue weighted by Crippen LogP contribution is 2.36. The van der Waals surface area contributed by atoms with Crippen molar-refractivity contribution in [2.75, 3.05) is 13.2 Å². The van der Waals surface area contributed by atoms with Gasteiger partial charge in [-0.25, -0.2) is 4.57 Å². The molecule has 0 aliphatic carbocycles. The van der Waals surface area contributed by atoms with E-state index in [-0.39, 0.29) is 19.4 Å². The van der Waals surface area contributed by atoms with E-state index in [4.69, 9.17) is 19.3 Å². The molecule has 0 fully saturated rings. The lowest BCUT2D eigenvalue weighted by molar-refractivity contribution is -0.161. The molecule has 250 valence electrons. The van der Waals surface area contributed by atoms with Crippen LogP contribution in [-0.4, -0.2) is 41.0 Å². The van der Waals surface area contributed by atoms with Crippen molar-refractivity contribution in [1.82, 2.24) is 0 Å². The summed E-state index contributed by atoms with van der Waals surface area (Å²) in [6.07, 6.45) is 28.5. The molecule has 8 nitrogen and oxygen atoms in total. The molecule has 0 rings (SSSR count). The fourth-order valence-corrected chi connectivity index (χ4v) is 5.38. The van der Waals surface area contributed by atoms with Gasteiger partial charge in [0.05, 0.1) is 6.61 Å². The van der Waals surface area contributed by atoms with Crippen LogP contribution in [0.2, 0.25) is 0 Å². The summed E-state index contributed by atoms with van der Waals surface area (Å²) in [4.78, 5) is 42.4. The third-order valence-electron chi connectivity index (χ3n) is 7.63. The summed E-state index contributed by atoms with van der Waals surface area (Å²) in [5.41, 5.74) is 0. The van der Waals surface area contributed by atoms with E-state index in [1.165, 1.54) is 116 Å². The summed E-state index contributed by atoms with van der Waals surface area (Å²) in [7, 11) is -4.73. The average Bonchev–Trinajstić information content (AvgIpc) is 2.95. The fraction of sp³-hybridized carbons (Fsp3) is 0.939. The third-order valence-corrected chi connectivity index (χ3v) is 8.11. The van der Waals surface area contributed by atoms with Crippen molar-refractivity contribution >= 4 is 19.8 Å². The molecule has 0 spiro atoms. The van der Waals surface area contributed by atoms with E-state index in [2.05, 4.69) is 18.4 Å². The quantitative estimate of drug-likeness (QED) is 0.0433. The van der Waals surface area contributed by atoms with Crippen LogP contribution in [0.25, 0.3) is 0 Å². The number of phosphoric acid groups is 1. The number of esters is 2. The van der Waals surface area contributed by atoms with Crippen LogP contribution in [0.4, 0.5) is 0 Å². The van der Waals surface area contributed by atoms with Gasteiger partial charge in [-0.1, -0.05) is 155 Å². The summed E-state index contributed by atoms with van der Waals surface area (Å²) in [6.45, 7) is 3.63. The van der Waals surface area contributed by atoms with Crippen molar-refractivity contribution in [2.24, 2.45) is 0 Å². The van der Waals surface area contributed by atoms with Gasteiger partial charge in [-0.3, -0.25) is 14.1 Å². The molecule has 1 atom stereocenters. The lowest BCUT2D eigenvalue weighted by Crippen LogP contribution is -2.29. The predicted molar refractivity (Wildman–Crippen MR) is 170 cm³/mol. The number of unbranched alkanes of at least 4 members (excludes halogenated alkanes) is 22. The standard InChI is InChI=1S/C33H65O8P/c1-3-5-7-9-11-12-13-14-15-16-17-18-19-20-22-24-26-28-33(35)41-31(30-40-42(36,37)38)29-39-32(34)27-25-23-21-10-8-6-4-2/h31H,3-30H2,1-2H3,(H2,36,37,38)/t31-/m1/s1. The van der Waals surface area contributed by atoms with Gasteiger partial charge in [-0.2, -0.15) is 0 Å². The Morgan fingerprint density at radius 2 is 0.857 bits per heavy atom. The van der Waals surface area contributed by atoms with Gasteiger partial charge in [0.1, 0.15) is 6.61 Å². The molecule has 0 bridgehead atoms. The Balaban J connectivity index is 3.88. The van der Waals surface area contributed by atoms with Gasteiger partial charge in [0.25, 0.3) is 0 Å². The molecule has 0 amide bonds. The lowest BCUT2D eigenvalue weighted by atomic mass is 10.0.